The zero-order valence-electron chi connectivity index (χ0n) is 5.91. The highest BCUT2D eigenvalue weighted by Crippen LogP contribution is 2.23. The van der Waals surface area contributed by atoms with Gasteiger partial charge in [0.15, 0.2) is 0 Å². The summed E-state index contributed by atoms with van der Waals surface area (Å²) < 4.78 is 0. The van der Waals surface area contributed by atoms with Gasteiger partial charge in [0.1, 0.15) is 0 Å². The van der Waals surface area contributed by atoms with Gasteiger partial charge < -0.3 is 0 Å². The summed E-state index contributed by atoms with van der Waals surface area (Å²) in [5, 5.41) is 0. The minimum atomic E-state index is 0.158. The fourth-order valence-corrected chi connectivity index (χ4v) is 3.96. The highest BCUT2D eigenvalue weighted by molar-refractivity contribution is 6.57. The van der Waals surface area contributed by atoms with Crippen LogP contribution in [0.5, 0.6) is 0 Å². The summed E-state index contributed by atoms with van der Waals surface area (Å²) in [4.78, 5) is 0. The Bertz CT molecular complexity index is 62.8. The zero-order chi connectivity index (χ0) is 5.98. The maximum atomic E-state index is 2.47. The third-order valence-electron chi connectivity index (χ3n) is 2.00. The van der Waals surface area contributed by atoms with Crippen molar-refractivity contribution in [2.75, 3.05) is 0 Å². The maximum Gasteiger partial charge on any atom is 0.0448 e. The molecule has 1 aliphatic rings. The Balaban J connectivity index is 2.23. The van der Waals surface area contributed by atoms with Gasteiger partial charge in [-0.2, -0.15) is 0 Å². The quantitative estimate of drug-likeness (QED) is 0.439. The molecule has 1 heterocycles. The number of hydrogen-bond donors (Lipinski definition) is 0. The molecule has 0 amide bonds. The summed E-state index contributed by atoms with van der Waals surface area (Å²) in [5.41, 5.74) is 0. The lowest BCUT2D eigenvalue weighted by Crippen LogP contribution is -2.16. The molecule has 0 spiro atoms. The van der Waals surface area contributed by atoms with E-state index in [2.05, 4.69) is 13.5 Å². The molecule has 1 aliphatic heterocycles. The third-order valence-corrected chi connectivity index (χ3v) is 4.60. The van der Waals surface area contributed by atoms with Crippen LogP contribution in [0.15, 0.2) is 0 Å². The van der Waals surface area contributed by atoms with Gasteiger partial charge in [0.2, 0.25) is 0 Å². The molecule has 1 atom stereocenters. The van der Waals surface area contributed by atoms with Crippen LogP contribution in [-0.2, 0) is 0 Å². The SMILES string of the molecule is CC1CCC[Si](C)C1. The van der Waals surface area contributed by atoms with E-state index in [0.717, 1.165) is 5.92 Å². The Hall–Kier alpha value is 0.217. The summed E-state index contributed by atoms with van der Waals surface area (Å²) in [6.45, 7) is 4.87. The first-order valence-corrected chi connectivity index (χ1v) is 6.02. The first kappa shape index (κ1) is 6.34. The van der Waals surface area contributed by atoms with Crippen molar-refractivity contribution in [1.82, 2.24) is 0 Å². The van der Waals surface area contributed by atoms with Crippen LogP contribution >= 0.6 is 0 Å². The summed E-state index contributed by atoms with van der Waals surface area (Å²) >= 11 is 0. The fraction of sp³-hybridized carbons (Fsp3) is 1.00. The van der Waals surface area contributed by atoms with E-state index in [9.17, 15) is 0 Å². The lowest BCUT2D eigenvalue weighted by Gasteiger charge is -2.21. The second-order valence-electron chi connectivity index (χ2n) is 3.16. The minimum Gasteiger partial charge on any atom is -0.0711 e. The Morgan fingerprint density at radius 1 is 1.50 bits per heavy atom. The summed E-state index contributed by atoms with van der Waals surface area (Å²) in [6, 6.07) is 3.15. The van der Waals surface area contributed by atoms with Gasteiger partial charge >= 0.3 is 0 Å². The van der Waals surface area contributed by atoms with E-state index in [1.807, 2.05) is 0 Å². The van der Waals surface area contributed by atoms with Crippen LogP contribution in [0.1, 0.15) is 19.8 Å². The molecular weight excluding hydrogens is 112 g/mol. The molecule has 0 aromatic heterocycles. The first-order chi connectivity index (χ1) is 3.79. The van der Waals surface area contributed by atoms with Gasteiger partial charge in [0.05, 0.1) is 0 Å². The Labute approximate surface area is 53.9 Å². The molecular formula is C7H15Si. The van der Waals surface area contributed by atoms with Crippen molar-refractivity contribution < 1.29 is 0 Å². The monoisotopic (exact) mass is 127 g/mol. The van der Waals surface area contributed by atoms with Crippen molar-refractivity contribution in [2.45, 2.75) is 38.4 Å². The molecule has 1 heteroatoms. The topological polar surface area (TPSA) is 0 Å². The summed E-state index contributed by atoms with van der Waals surface area (Å²) in [7, 11) is 0.158. The molecule has 1 unspecified atom stereocenters. The van der Waals surface area contributed by atoms with Crippen molar-refractivity contribution in [3.63, 3.8) is 0 Å². The molecule has 0 nitrogen and oxygen atoms in total. The van der Waals surface area contributed by atoms with E-state index in [1.54, 1.807) is 12.1 Å². The second-order valence-corrected chi connectivity index (χ2v) is 5.98. The largest absolute Gasteiger partial charge is 0.0711 e. The van der Waals surface area contributed by atoms with Crippen LogP contribution in [0.3, 0.4) is 0 Å². The molecule has 0 aromatic rings. The fourth-order valence-electron chi connectivity index (χ4n) is 1.55. The summed E-state index contributed by atoms with van der Waals surface area (Å²) in [6.07, 6.45) is 3.02. The molecule has 47 valence electrons. The smallest absolute Gasteiger partial charge is 0.0448 e. The van der Waals surface area contributed by atoms with Crippen molar-refractivity contribution in [2.24, 2.45) is 5.92 Å². The molecule has 0 bridgehead atoms. The molecule has 0 aromatic carbocycles. The van der Waals surface area contributed by atoms with Crippen molar-refractivity contribution in [1.29, 1.82) is 0 Å². The molecule has 1 fully saturated rings. The van der Waals surface area contributed by atoms with Crippen LogP contribution in [0.4, 0.5) is 0 Å². The molecule has 1 radical (unpaired) electrons. The lowest BCUT2D eigenvalue weighted by molar-refractivity contribution is 0.545. The minimum absolute atomic E-state index is 0.158. The van der Waals surface area contributed by atoms with E-state index < -0.39 is 0 Å². The predicted octanol–water partition coefficient (Wildman–Crippen LogP) is 2.54. The van der Waals surface area contributed by atoms with Gasteiger partial charge in [0.25, 0.3) is 0 Å². The zero-order valence-corrected chi connectivity index (χ0v) is 6.91. The Morgan fingerprint density at radius 2 is 2.25 bits per heavy atom. The molecule has 8 heavy (non-hydrogen) atoms. The van der Waals surface area contributed by atoms with Gasteiger partial charge in [-0.3, -0.25) is 0 Å². The molecule has 0 aliphatic carbocycles. The highest BCUT2D eigenvalue weighted by atomic mass is 28.3. The highest BCUT2D eigenvalue weighted by Gasteiger charge is 2.15. The normalized spacial score (nSPS) is 33.0. The predicted molar refractivity (Wildman–Crippen MR) is 39.6 cm³/mol. The van der Waals surface area contributed by atoms with E-state index >= 15 is 0 Å². The van der Waals surface area contributed by atoms with Crippen LogP contribution in [-0.4, -0.2) is 8.80 Å². The molecule has 0 saturated carbocycles. The van der Waals surface area contributed by atoms with Crippen LogP contribution in [0, 0.1) is 5.92 Å². The van der Waals surface area contributed by atoms with E-state index in [1.165, 1.54) is 12.8 Å². The van der Waals surface area contributed by atoms with Crippen molar-refractivity contribution in [3.05, 3.63) is 0 Å². The lowest BCUT2D eigenvalue weighted by atomic mass is 10.1. The third kappa shape index (κ3) is 1.62. The Kier molecular flexibility index (Phi) is 2.12. The number of hydrogen-bond acceptors (Lipinski definition) is 0. The molecule has 0 N–H and O–H groups in total. The standard InChI is InChI=1S/C7H15Si/c1-7-4-3-5-8(2)6-7/h7H,3-6H2,1-2H3. The second kappa shape index (κ2) is 2.67. The van der Waals surface area contributed by atoms with Crippen molar-refractivity contribution in [3.8, 4) is 0 Å². The average Bonchev–Trinajstić information content (AvgIpc) is 1.64. The first-order valence-electron chi connectivity index (χ1n) is 3.60. The van der Waals surface area contributed by atoms with E-state index in [0.29, 0.717) is 0 Å². The van der Waals surface area contributed by atoms with Gasteiger partial charge in [-0.1, -0.05) is 38.4 Å². The van der Waals surface area contributed by atoms with Gasteiger partial charge in [-0.05, 0) is 5.92 Å². The number of rotatable bonds is 0. The average molecular weight is 127 g/mol. The van der Waals surface area contributed by atoms with Crippen LogP contribution in [0.2, 0.25) is 18.6 Å². The summed E-state index contributed by atoms with van der Waals surface area (Å²) in [5.74, 6) is 1.06. The van der Waals surface area contributed by atoms with Crippen LogP contribution < -0.4 is 0 Å². The van der Waals surface area contributed by atoms with Crippen LogP contribution in [0.25, 0.3) is 0 Å². The van der Waals surface area contributed by atoms with E-state index in [-0.39, 0.29) is 8.80 Å². The van der Waals surface area contributed by atoms with Gasteiger partial charge in [-0.15, -0.1) is 0 Å². The van der Waals surface area contributed by atoms with Crippen molar-refractivity contribution >= 4 is 8.80 Å². The Morgan fingerprint density at radius 3 is 2.62 bits per heavy atom. The molecule has 1 saturated heterocycles. The van der Waals surface area contributed by atoms with Gasteiger partial charge in [-0.25, -0.2) is 0 Å². The van der Waals surface area contributed by atoms with E-state index in [4.69, 9.17) is 0 Å². The molecule has 1 rings (SSSR count). The van der Waals surface area contributed by atoms with Gasteiger partial charge in [0, 0.05) is 8.80 Å². The maximum absolute atomic E-state index is 2.47.